The van der Waals surface area contributed by atoms with Crippen LogP contribution in [0.15, 0.2) is 0 Å². The summed E-state index contributed by atoms with van der Waals surface area (Å²) >= 11 is 1.14. The standard InChI is InChI=1S/C17H24I2N2O3/c1-15-10-4-3-9(7-10)11(15)8-23-14(15)24-13(22)16(2,18)17-12-5-6-21(12)19(17)20-17/h9-12,14,20H,3-8H2,1-2H3. The molecule has 8 atom stereocenters. The molecule has 4 saturated heterocycles. The molecular formula is C17H24I2N2O3. The summed E-state index contributed by atoms with van der Waals surface area (Å²) in [5.41, 5.74) is 0.0559. The number of nitrogens with zero attached hydrogens (tertiary/aromatic N) is 1. The van der Waals surface area contributed by atoms with Gasteiger partial charge >= 0.3 is 165 Å². The second-order valence-electron chi connectivity index (χ2n) is 8.81. The summed E-state index contributed by atoms with van der Waals surface area (Å²) in [7, 11) is 0. The van der Waals surface area contributed by atoms with Crippen LogP contribution in [0.1, 0.15) is 39.5 Å². The summed E-state index contributed by atoms with van der Waals surface area (Å²) < 4.78 is 18.2. The Balaban J connectivity index is 1.23. The molecule has 0 amide bonds. The first kappa shape index (κ1) is 15.8. The van der Waals surface area contributed by atoms with Crippen molar-refractivity contribution in [2.45, 2.75) is 58.8 Å². The molecule has 6 fully saturated rings. The quantitative estimate of drug-likeness (QED) is 0.144. The average molecular weight is 558 g/mol. The van der Waals surface area contributed by atoms with Gasteiger partial charge in [0.2, 0.25) is 0 Å². The number of ether oxygens (including phenoxy) is 2. The first-order valence-electron chi connectivity index (χ1n) is 9.17. The fraction of sp³-hybridized carbons (Fsp3) is 0.941. The van der Waals surface area contributed by atoms with E-state index in [9.17, 15) is 4.79 Å². The van der Waals surface area contributed by atoms with E-state index in [0.717, 1.165) is 12.5 Å². The van der Waals surface area contributed by atoms with Gasteiger partial charge in [-0.25, -0.2) is 0 Å². The fourth-order valence-electron chi connectivity index (χ4n) is 6.32. The molecule has 6 rings (SSSR count). The van der Waals surface area contributed by atoms with Crippen molar-refractivity contribution in [2.75, 3.05) is 13.2 Å². The van der Waals surface area contributed by atoms with Crippen molar-refractivity contribution in [3.05, 3.63) is 0 Å². The van der Waals surface area contributed by atoms with Crippen LogP contribution in [-0.4, -0.2) is 41.5 Å². The zero-order valence-corrected chi connectivity index (χ0v) is 18.4. The Morgan fingerprint density at radius 3 is 3.00 bits per heavy atom. The van der Waals surface area contributed by atoms with E-state index in [1.54, 1.807) is 0 Å². The van der Waals surface area contributed by atoms with Crippen LogP contribution in [-0.2, 0) is 14.3 Å². The van der Waals surface area contributed by atoms with Gasteiger partial charge in [-0.3, -0.25) is 0 Å². The molecule has 5 nitrogen and oxygen atoms in total. The maximum atomic E-state index is 13.2. The summed E-state index contributed by atoms with van der Waals surface area (Å²) in [6.45, 7) is 6.43. The molecule has 1 N–H and O–H groups in total. The predicted molar refractivity (Wildman–Crippen MR) is 106 cm³/mol. The van der Waals surface area contributed by atoms with Gasteiger partial charge in [-0.1, -0.05) is 0 Å². The van der Waals surface area contributed by atoms with Crippen LogP contribution in [0.25, 0.3) is 0 Å². The molecule has 24 heavy (non-hydrogen) atoms. The molecule has 6 aliphatic rings. The third-order valence-corrected chi connectivity index (χ3v) is 17.3. The molecule has 7 heteroatoms. The summed E-state index contributed by atoms with van der Waals surface area (Å²) in [6.07, 6.45) is 4.86. The Kier molecular flexibility index (Phi) is 3.04. The molecule has 134 valence electrons. The zero-order valence-electron chi connectivity index (χ0n) is 14.1. The van der Waals surface area contributed by atoms with E-state index in [0.29, 0.717) is 17.9 Å². The van der Waals surface area contributed by atoms with Crippen molar-refractivity contribution in [2.24, 2.45) is 23.2 Å². The van der Waals surface area contributed by atoms with E-state index in [4.69, 9.17) is 9.47 Å². The van der Waals surface area contributed by atoms with Gasteiger partial charge in [0.15, 0.2) is 0 Å². The van der Waals surface area contributed by atoms with E-state index in [2.05, 4.69) is 43.1 Å². The normalized spacial score (nSPS) is 57.3. The number of carbonyl (C=O) groups excluding carboxylic acids is 1. The molecule has 8 unspecified atom stereocenters. The molecule has 2 saturated carbocycles. The first-order valence-corrected chi connectivity index (χ1v) is 13.4. The van der Waals surface area contributed by atoms with Crippen molar-refractivity contribution >= 4 is 48.9 Å². The van der Waals surface area contributed by atoms with Crippen LogP contribution in [0.4, 0.5) is 0 Å². The summed E-state index contributed by atoms with van der Waals surface area (Å²) in [5.74, 6) is 2.03. The maximum absolute atomic E-state index is 13.2. The van der Waals surface area contributed by atoms with E-state index in [1.165, 1.54) is 32.2 Å². The van der Waals surface area contributed by atoms with Crippen LogP contribution in [0.3, 0.4) is 0 Å². The molecule has 4 aliphatic heterocycles. The van der Waals surface area contributed by atoms with Crippen molar-refractivity contribution < 1.29 is 14.3 Å². The number of halogens is 2. The monoisotopic (exact) mass is 558 g/mol. The third-order valence-electron chi connectivity index (χ3n) is 8.04. The van der Waals surface area contributed by atoms with Crippen LogP contribution in [0.2, 0.25) is 0 Å². The van der Waals surface area contributed by atoms with E-state index >= 15 is 0 Å². The van der Waals surface area contributed by atoms with Crippen LogP contribution in [0, 0.1) is 23.2 Å². The number of nitrogens with one attached hydrogen (secondary N) is 1. The van der Waals surface area contributed by atoms with Crippen molar-refractivity contribution in [1.29, 1.82) is 0 Å². The third kappa shape index (κ3) is 1.54. The van der Waals surface area contributed by atoms with Crippen LogP contribution < -0.4 is 3.53 Å². The molecule has 4 heterocycles. The number of fused-ring (bicyclic) bond motifs is 9. The number of hydrogen-bond donors (Lipinski definition) is 1. The Bertz CT molecular complexity index is 645. The Hall–Kier alpha value is 0.810. The second kappa shape index (κ2) is 4.62. The van der Waals surface area contributed by atoms with Crippen molar-refractivity contribution in [3.63, 3.8) is 0 Å². The number of carbonyl (C=O) groups is 1. The van der Waals surface area contributed by atoms with Gasteiger partial charge in [-0.2, -0.15) is 0 Å². The van der Waals surface area contributed by atoms with Gasteiger partial charge in [0.05, 0.1) is 0 Å². The van der Waals surface area contributed by atoms with Crippen LogP contribution >= 0.6 is 43.0 Å². The van der Waals surface area contributed by atoms with E-state index < -0.39 is 23.8 Å². The SMILES string of the molecule is CC12C3CCC(C3)C1COC2OC(=O)C(C)(I)C12NI1N1CCC12. The zero-order chi connectivity index (χ0) is 16.5. The summed E-state index contributed by atoms with van der Waals surface area (Å²) in [4.78, 5) is 13.2. The van der Waals surface area contributed by atoms with Crippen molar-refractivity contribution in [3.8, 4) is 0 Å². The molecule has 2 bridgehead atoms. The minimum atomic E-state index is -1.23. The Labute approximate surface area is 164 Å². The number of hydrogen-bond acceptors (Lipinski definition) is 5. The van der Waals surface area contributed by atoms with Gasteiger partial charge < -0.3 is 0 Å². The van der Waals surface area contributed by atoms with Gasteiger partial charge in [0, 0.05) is 0 Å². The molecule has 0 aromatic heterocycles. The van der Waals surface area contributed by atoms with Crippen molar-refractivity contribution in [1.82, 2.24) is 6.64 Å². The Morgan fingerprint density at radius 2 is 2.29 bits per heavy atom. The first-order chi connectivity index (χ1) is 11.4. The molecule has 0 aromatic rings. The fourth-order valence-corrected chi connectivity index (χ4v) is 16.4. The van der Waals surface area contributed by atoms with E-state index in [1.807, 2.05) is 0 Å². The molecule has 0 radical (unpaired) electrons. The predicted octanol–water partition coefficient (Wildman–Crippen LogP) is 2.86. The minimum absolute atomic E-state index is 0.0448. The molecule has 2 aliphatic carbocycles. The Morgan fingerprint density at radius 1 is 1.46 bits per heavy atom. The summed E-state index contributed by atoms with van der Waals surface area (Å²) in [6, 6.07) is 0.590. The topological polar surface area (TPSA) is 60.7 Å². The average Bonchev–Trinajstić information content (AvgIpc) is 2.84. The number of esters is 1. The molecular weight excluding hydrogens is 534 g/mol. The number of alkyl halides is 2. The molecule has 0 aromatic carbocycles. The summed E-state index contributed by atoms with van der Waals surface area (Å²) in [5, 5.41) is 0. The second-order valence-corrected chi connectivity index (χ2v) is 16.0. The molecule has 0 spiro atoms. The van der Waals surface area contributed by atoms with Gasteiger partial charge in [-0.15, -0.1) is 0 Å². The van der Waals surface area contributed by atoms with Gasteiger partial charge in [0.25, 0.3) is 0 Å². The number of rotatable bonds is 3. The van der Waals surface area contributed by atoms with Crippen LogP contribution in [0.5, 0.6) is 0 Å². The van der Waals surface area contributed by atoms with E-state index in [-0.39, 0.29) is 21.2 Å². The van der Waals surface area contributed by atoms with Gasteiger partial charge in [-0.05, 0) is 0 Å². The van der Waals surface area contributed by atoms with Gasteiger partial charge in [0.1, 0.15) is 0 Å².